The highest BCUT2D eigenvalue weighted by Crippen LogP contribution is 2.31. The van der Waals surface area contributed by atoms with Gasteiger partial charge in [0.1, 0.15) is 5.75 Å². The standard InChI is InChI=1S/C21H31N3O4/c1-15-14-24(12-9-16(15)20(25)26)21(27)22-13-18(23-10-5-6-11-23)17-7-3-4-8-19(17)28-2/h3-4,7-8,15-16,18H,5-6,9-14H2,1-2H3,(H,22,27)(H,25,26). The number of ether oxygens (including phenoxy) is 1. The number of carboxylic acids is 1. The molecule has 7 nitrogen and oxygen atoms in total. The predicted octanol–water partition coefficient (Wildman–Crippen LogP) is 2.58. The zero-order valence-corrected chi connectivity index (χ0v) is 16.8. The second-order valence-corrected chi connectivity index (χ2v) is 7.84. The van der Waals surface area contributed by atoms with Crippen LogP contribution in [-0.4, -0.2) is 66.7 Å². The van der Waals surface area contributed by atoms with Crippen LogP contribution in [-0.2, 0) is 4.79 Å². The lowest BCUT2D eigenvalue weighted by Crippen LogP contribution is -2.50. The van der Waals surface area contributed by atoms with Crippen molar-refractivity contribution in [1.82, 2.24) is 15.1 Å². The van der Waals surface area contributed by atoms with Crippen LogP contribution in [0.1, 0.15) is 37.8 Å². The van der Waals surface area contributed by atoms with Crippen molar-refractivity contribution in [3.63, 3.8) is 0 Å². The maximum Gasteiger partial charge on any atom is 0.317 e. The monoisotopic (exact) mass is 389 g/mol. The maximum absolute atomic E-state index is 12.7. The highest BCUT2D eigenvalue weighted by atomic mass is 16.5. The summed E-state index contributed by atoms with van der Waals surface area (Å²) in [5.74, 6) is -0.335. The maximum atomic E-state index is 12.7. The van der Waals surface area contributed by atoms with Gasteiger partial charge in [-0.25, -0.2) is 4.79 Å². The molecule has 0 bridgehead atoms. The molecule has 2 aliphatic rings. The van der Waals surface area contributed by atoms with E-state index in [0.29, 0.717) is 26.1 Å². The van der Waals surface area contributed by atoms with E-state index in [9.17, 15) is 14.7 Å². The Hall–Kier alpha value is -2.28. The number of carbonyl (C=O) groups is 2. The third-order valence-electron chi connectivity index (χ3n) is 6.04. The van der Waals surface area contributed by atoms with Gasteiger partial charge in [-0.05, 0) is 44.3 Å². The Morgan fingerprint density at radius 1 is 1.25 bits per heavy atom. The van der Waals surface area contributed by atoms with Gasteiger partial charge in [-0.1, -0.05) is 25.1 Å². The molecule has 3 unspecified atom stereocenters. The Morgan fingerprint density at radius 3 is 2.61 bits per heavy atom. The van der Waals surface area contributed by atoms with Crippen LogP contribution in [0.5, 0.6) is 5.75 Å². The van der Waals surface area contributed by atoms with Crippen molar-refractivity contribution < 1.29 is 19.4 Å². The first kappa shape index (κ1) is 20.5. The molecule has 0 saturated carbocycles. The number of rotatable bonds is 6. The summed E-state index contributed by atoms with van der Waals surface area (Å²) in [6.07, 6.45) is 2.84. The van der Waals surface area contributed by atoms with Crippen molar-refractivity contribution in [3.8, 4) is 5.75 Å². The SMILES string of the molecule is COc1ccccc1C(CNC(=O)N1CCC(C(=O)O)C(C)C1)N1CCCC1. The first-order chi connectivity index (χ1) is 13.5. The van der Waals surface area contributed by atoms with E-state index in [-0.39, 0.29) is 23.9 Å². The fraction of sp³-hybridized carbons (Fsp3) is 0.619. The van der Waals surface area contributed by atoms with Crippen LogP contribution in [0.15, 0.2) is 24.3 Å². The van der Waals surface area contributed by atoms with E-state index in [2.05, 4.69) is 16.3 Å². The van der Waals surface area contributed by atoms with E-state index in [1.165, 1.54) is 12.8 Å². The first-order valence-corrected chi connectivity index (χ1v) is 10.1. The summed E-state index contributed by atoms with van der Waals surface area (Å²) >= 11 is 0. The zero-order chi connectivity index (χ0) is 20.1. The molecule has 2 amide bonds. The Balaban J connectivity index is 1.65. The number of likely N-dealkylation sites (tertiary alicyclic amines) is 2. The molecular weight excluding hydrogens is 358 g/mol. The van der Waals surface area contributed by atoms with Crippen molar-refractivity contribution in [2.24, 2.45) is 11.8 Å². The van der Waals surface area contributed by atoms with Gasteiger partial charge in [0.25, 0.3) is 0 Å². The number of para-hydroxylation sites is 1. The molecule has 7 heteroatoms. The molecule has 1 aromatic rings. The Labute approximate surface area is 166 Å². The summed E-state index contributed by atoms with van der Waals surface area (Å²) in [6, 6.07) is 7.93. The van der Waals surface area contributed by atoms with E-state index < -0.39 is 5.97 Å². The fourth-order valence-electron chi connectivity index (χ4n) is 4.42. The molecule has 0 aliphatic carbocycles. The van der Waals surface area contributed by atoms with Crippen molar-refractivity contribution in [2.75, 3.05) is 39.8 Å². The lowest BCUT2D eigenvalue weighted by molar-refractivity contribution is -0.145. The summed E-state index contributed by atoms with van der Waals surface area (Å²) in [5, 5.41) is 12.4. The van der Waals surface area contributed by atoms with Gasteiger partial charge in [0, 0.05) is 25.2 Å². The van der Waals surface area contributed by atoms with Crippen LogP contribution in [0.25, 0.3) is 0 Å². The van der Waals surface area contributed by atoms with Gasteiger partial charge in [0.05, 0.1) is 19.1 Å². The van der Waals surface area contributed by atoms with Gasteiger partial charge in [0.15, 0.2) is 0 Å². The molecule has 2 aliphatic heterocycles. The number of carbonyl (C=O) groups excluding carboxylic acids is 1. The lowest BCUT2D eigenvalue weighted by atomic mass is 9.87. The number of nitrogens with zero attached hydrogens (tertiary/aromatic N) is 2. The average molecular weight is 389 g/mol. The van der Waals surface area contributed by atoms with Crippen LogP contribution in [0.4, 0.5) is 4.79 Å². The fourth-order valence-corrected chi connectivity index (χ4v) is 4.42. The van der Waals surface area contributed by atoms with Crippen LogP contribution < -0.4 is 10.1 Å². The Bertz CT molecular complexity index is 690. The number of aliphatic carboxylic acids is 1. The first-order valence-electron chi connectivity index (χ1n) is 10.1. The average Bonchev–Trinajstić information content (AvgIpc) is 3.22. The van der Waals surface area contributed by atoms with Crippen LogP contribution >= 0.6 is 0 Å². The molecular formula is C21H31N3O4. The van der Waals surface area contributed by atoms with Crippen molar-refractivity contribution in [2.45, 2.75) is 32.2 Å². The van der Waals surface area contributed by atoms with Gasteiger partial charge < -0.3 is 20.1 Å². The van der Waals surface area contributed by atoms with E-state index in [4.69, 9.17) is 4.74 Å². The smallest absolute Gasteiger partial charge is 0.317 e. The number of benzene rings is 1. The largest absolute Gasteiger partial charge is 0.496 e. The topological polar surface area (TPSA) is 82.1 Å². The Kier molecular flexibility index (Phi) is 6.78. The summed E-state index contributed by atoms with van der Waals surface area (Å²) in [4.78, 5) is 28.2. The van der Waals surface area contributed by atoms with E-state index in [1.807, 2.05) is 25.1 Å². The molecule has 2 heterocycles. The lowest BCUT2D eigenvalue weighted by Gasteiger charge is -2.36. The molecule has 0 spiro atoms. The highest BCUT2D eigenvalue weighted by Gasteiger charge is 2.33. The third-order valence-corrected chi connectivity index (χ3v) is 6.04. The second-order valence-electron chi connectivity index (χ2n) is 7.84. The van der Waals surface area contributed by atoms with Crippen molar-refractivity contribution in [1.29, 1.82) is 0 Å². The van der Waals surface area contributed by atoms with Crippen LogP contribution in [0, 0.1) is 11.8 Å². The normalized spacial score (nSPS) is 24.0. The number of piperidine rings is 1. The van der Waals surface area contributed by atoms with Crippen molar-refractivity contribution in [3.05, 3.63) is 29.8 Å². The molecule has 3 atom stereocenters. The molecule has 2 N–H and O–H groups in total. The minimum absolute atomic E-state index is 0.0411. The molecule has 0 radical (unpaired) electrons. The molecule has 2 saturated heterocycles. The van der Waals surface area contributed by atoms with E-state index in [0.717, 1.165) is 24.4 Å². The van der Waals surface area contributed by atoms with E-state index >= 15 is 0 Å². The van der Waals surface area contributed by atoms with Crippen LogP contribution in [0.3, 0.4) is 0 Å². The Morgan fingerprint density at radius 2 is 1.96 bits per heavy atom. The van der Waals surface area contributed by atoms with Crippen LogP contribution in [0.2, 0.25) is 0 Å². The minimum Gasteiger partial charge on any atom is -0.496 e. The predicted molar refractivity (Wildman–Crippen MR) is 106 cm³/mol. The number of hydrogen-bond donors (Lipinski definition) is 2. The molecule has 3 rings (SSSR count). The summed E-state index contributed by atoms with van der Waals surface area (Å²) in [5.41, 5.74) is 1.09. The number of methoxy groups -OCH3 is 1. The molecule has 28 heavy (non-hydrogen) atoms. The molecule has 1 aromatic carbocycles. The number of urea groups is 1. The molecule has 154 valence electrons. The van der Waals surface area contributed by atoms with Gasteiger partial charge in [-0.15, -0.1) is 0 Å². The quantitative estimate of drug-likeness (QED) is 0.782. The van der Waals surface area contributed by atoms with E-state index in [1.54, 1.807) is 12.0 Å². The molecule has 2 fully saturated rings. The summed E-state index contributed by atoms with van der Waals surface area (Å²) in [7, 11) is 1.67. The number of amides is 2. The second kappa shape index (κ2) is 9.28. The van der Waals surface area contributed by atoms with Gasteiger partial charge in [-0.3, -0.25) is 9.69 Å². The van der Waals surface area contributed by atoms with Gasteiger partial charge in [-0.2, -0.15) is 0 Å². The number of carboxylic acid groups (broad SMARTS) is 1. The zero-order valence-electron chi connectivity index (χ0n) is 16.8. The number of hydrogen-bond acceptors (Lipinski definition) is 4. The van der Waals surface area contributed by atoms with Crippen molar-refractivity contribution >= 4 is 12.0 Å². The summed E-state index contributed by atoms with van der Waals surface area (Å²) < 4.78 is 5.55. The van der Waals surface area contributed by atoms with Gasteiger partial charge in [0.2, 0.25) is 0 Å². The molecule has 0 aromatic heterocycles. The number of nitrogens with one attached hydrogen (secondary N) is 1. The minimum atomic E-state index is -0.766. The summed E-state index contributed by atoms with van der Waals surface area (Å²) in [6.45, 7) is 5.40. The highest BCUT2D eigenvalue weighted by molar-refractivity contribution is 5.75. The third kappa shape index (κ3) is 4.58. The van der Waals surface area contributed by atoms with Gasteiger partial charge >= 0.3 is 12.0 Å².